The molecule has 4 nitrogen and oxygen atoms in total. The van der Waals surface area contributed by atoms with Crippen molar-refractivity contribution < 1.29 is 4.79 Å². The molecular formula is C14H19N3OS. The fourth-order valence-electron chi connectivity index (χ4n) is 2.27. The Balaban J connectivity index is 2.08. The number of hydrogen-bond donors (Lipinski definition) is 0. The van der Waals surface area contributed by atoms with Gasteiger partial charge in [-0.2, -0.15) is 5.10 Å². The molecule has 0 N–H and O–H groups in total. The second-order valence-electron chi connectivity index (χ2n) is 4.59. The van der Waals surface area contributed by atoms with E-state index in [1.807, 2.05) is 33.2 Å². The molecule has 0 atom stereocenters. The largest absolute Gasteiger partial charge is 0.349 e. The van der Waals surface area contributed by atoms with Crippen molar-refractivity contribution in [3.63, 3.8) is 0 Å². The van der Waals surface area contributed by atoms with Crippen molar-refractivity contribution in [2.75, 3.05) is 5.75 Å². The van der Waals surface area contributed by atoms with Gasteiger partial charge in [-0.1, -0.05) is 0 Å². The molecule has 0 aliphatic heterocycles. The second kappa shape index (κ2) is 5.65. The Morgan fingerprint density at radius 1 is 1.42 bits per heavy atom. The van der Waals surface area contributed by atoms with E-state index in [4.69, 9.17) is 0 Å². The minimum Gasteiger partial charge on any atom is -0.349 e. The summed E-state index contributed by atoms with van der Waals surface area (Å²) in [7, 11) is 1.88. The first kappa shape index (κ1) is 13.9. The van der Waals surface area contributed by atoms with Crippen LogP contribution < -0.4 is 0 Å². The molecule has 0 aromatic carbocycles. The maximum atomic E-state index is 12.3. The second-order valence-corrected chi connectivity index (χ2v) is 5.64. The van der Waals surface area contributed by atoms with E-state index in [9.17, 15) is 4.79 Å². The topological polar surface area (TPSA) is 39.8 Å². The molecule has 19 heavy (non-hydrogen) atoms. The van der Waals surface area contributed by atoms with Crippen molar-refractivity contribution >= 4 is 17.5 Å². The van der Waals surface area contributed by atoms with Gasteiger partial charge in [0, 0.05) is 41.6 Å². The number of Topliss-reactive ketones (excluding diaryl/α,β-unsaturated/α-hetero) is 1. The Bertz CT molecular complexity index is 598. The predicted octanol–water partition coefficient (Wildman–Crippen LogP) is 2.83. The summed E-state index contributed by atoms with van der Waals surface area (Å²) in [6, 6.07) is 1.99. The summed E-state index contributed by atoms with van der Waals surface area (Å²) in [5.74, 6) is 0.640. The van der Waals surface area contributed by atoms with Crippen molar-refractivity contribution in [1.29, 1.82) is 0 Å². The molecule has 2 aromatic rings. The Labute approximate surface area is 117 Å². The molecule has 0 spiro atoms. The minimum absolute atomic E-state index is 0.182. The molecule has 2 aromatic heterocycles. The van der Waals surface area contributed by atoms with Gasteiger partial charge in [-0.15, -0.1) is 11.8 Å². The Hall–Kier alpha value is -1.49. The van der Waals surface area contributed by atoms with Crippen LogP contribution in [0, 0.1) is 13.8 Å². The number of thioether (sulfide) groups is 1. The third kappa shape index (κ3) is 2.92. The molecule has 0 fully saturated rings. The first-order valence-electron chi connectivity index (χ1n) is 6.34. The number of nitrogens with zero attached hydrogens (tertiary/aromatic N) is 3. The lowest BCUT2D eigenvalue weighted by atomic mass is 10.2. The normalized spacial score (nSPS) is 10.9. The van der Waals surface area contributed by atoms with Crippen LogP contribution in [0.1, 0.15) is 28.7 Å². The van der Waals surface area contributed by atoms with Gasteiger partial charge in [0.1, 0.15) is 0 Å². The monoisotopic (exact) mass is 277 g/mol. The molecule has 0 amide bonds. The Morgan fingerprint density at radius 2 is 2.16 bits per heavy atom. The number of aromatic nitrogens is 3. The number of ketones is 1. The smallest absolute Gasteiger partial charge is 0.174 e. The van der Waals surface area contributed by atoms with Crippen LogP contribution in [-0.4, -0.2) is 25.9 Å². The highest BCUT2D eigenvalue weighted by atomic mass is 32.2. The lowest BCUT2D eigenvalue weighted by Gasteiger charge is -2.05. The van der Waals surface area contributed by atoms with E-state index in [-0.39, 0.29) is 5.78 Å². The zero-order valence-corrected chi connectivity index (χ0v) is 12.6. The zero-order chi connectivity index (χ0) is 14.0. The van der Waals surface area contributed by atoms with Crippen LogP contribution >= 0.6 is 11.8 Å². The predicted molar refractivity (Wildman–Crippen MR) is 77.8 cm³/mol. The van der Waals surface area contributed by atoms with E-state index >= 15 is 0 Å². The molecule has 0 saturated carbocycles. The average Bonchev–Trinajstić information content (AvgIpc) is 2.90. The van der Waals surface area contributed by atoms with Crippen LogP contribution in [0.25, 0.3) is 0 Å². The highest BCUT2D eigenvalue weighted by molar-refractivity contribution is 8.00. The standard InChI is InChI=1S/C14H19N3OS/c1-5-17-10(2)6-13(11(17)3)14(18)9-19-12-7-15-16(4)8-12/h6-8H,5,9H2,1-4H3. The molecule has 0 unspecified atom stereocenters. The lowest BCUT2D eigenvalue weighted by Crippen LogP contribution is -2.05. The van der Waals surface area contributed by atoms with E-state index in [1.54, 1.807) is 10.9 Å². The van der Waals surface area contributed by atoms with Crippen LogP contribution in [0.4, 0.5) is 0 Å². The summed E-state index contributed by atoms with van der Waals surface area (Å²) in [5, 5.41) is 4.10. The Kier molecular flexibility index (Phi) is 4.14. The summed E-state index contributed by atoms with van der Waals surface area (Å²) in [4.78, 5) is 13.3. The molecule has 102 valence electrons. The van der Waals surface area contributed by atoms with Crippen LogP contribution in [0.2, 0.25) is 0 Å². The molecule has 0 aliphatic rings. The molecule has 2 heterocycles. The number of aryl methyl sites for hydroxylation is 2. The Morgan fingerprint density at radius 3 is 2.68 bits per heavy atom. The molecule has 0 saturated heterocycles. The fourth-order valence-corrected chi connectivity index (χ4v) is 3.07. The van der Waals surface area contributed by atoms with Crippen LogP contribution in [-0.2, 0) is 13.6 Å². The zero-order valence-electron chi connectivity index (χ0n) is 11.8. The lowest BCUT2D eigenvalue weighted by molar-refractivity contribution is 0.102. The van der Waals surface area contributed by atoms with Gasteiger partial charge in [-0.3, -0.25) is 9.48 Å². The van der Waals surface area contributed by atoms with Gasteiger partial charge in [0.25, 0.3) is 0 Å². The summed E-state index contributed by atoms with van der Waals surface area (Å²) < 4.78 is 3.91. The van der Waals surface area contributed by atoms with Gasteiger partial charge >= 0.3 is 0 Å². The maximum Gasteiger partial charge on any atom is 0.174 e. The summed E-state index contributed by atoms with van der Waals surface area (Å²) in [6.07, 6.45) is 3.71. The van der Waals surface area contributed by atoms with Gasteiger partial charge in [-0.05, 0) is 26.8 Å². The number of carbonyl (C=O) groups is 1. The van der Waals surface area contributed by atoms with E-state index in [0.29, 0.717) is 5.75 Å². The molecule has 5 heteroatoms. The van der Waals surface area contributed by atoms with Gasteiger partial charge in [0.05, 0.1) is 11.9 Å². The van der Waals surface area contributed by atoms with Crippen molar-refractivity contribution in [3.05, 3.63) is 35.4 Å². The van der Waals surface area contributed by atoms with E-state index in [1.165, 1.54) is 11.8 Å². The number of carbonyl (C=O) groups excluding carboxylic acids is 1. The fraction of sp³-hybridized carbons (Fsp3) is 0.429. The molecular weight excluding hydrogens is 258 g/mol. The highest BCUT2D eigenvalue weighted by Crippen LogP contribution is 2.21. The summed E-state index contributed by atoms with van der Waals surface area (Å²) in [5.41, 5.74) is 3.06. The third-order valence-corrected chi connectivity index (χ3v) is 4.19. The van der Waals surface area contributed by atoms with E-state index in [2.05, 4.69) is 16.6 Å². The van der Waals surface area contributed by atoms with Crippen LogP contribution in [0.15, 0.2) is 23.4 Å². The van der Waals surface area contributed by atoms with Gasteiger partial charge in [-0.25, -0.2) is 0 Å². The molecule has 0 aliphatic carbocycles. The molecule has 0 radical (unpaired) electrons. The van der Waals surface area contributed by atoms with Gasteiger partial charge < -0.3 is 4.57 Å². The van der Waals surface area contributed by atoms with E-state index in [0.717, 1.165) is 28.4 Å². The van der Waals surface area contributed by atoms with Gasteiger partial charge in [0.2, 0.25) is 0 Å². The SMILES string of the molecule is CCn1c(C)cc(C(=O)CSc2cnn(C)c2)c1C. The van der Waals surface area contributed by atoms with Crippen molar-refractivity contribution in [3.8, 4) is 0 Å². The number of rotatable bonds is 5. The van der Waals surface area contributed by atoms with Crippen LogP contribution in [0.3, 0.4) is 0 Å². The summed E-state index contributed by atoms with van der Waals surface area (Å²) in [6.45, 7) is 7.05. The van der Waals surface area contributed by atoms with E-state index < -0.39 is 0 Å². The molecule has 0 bridgehead atoms. The first-order valence-corrected chi connectivity index (χ1v) is 7.32. The maximum absolute atomic E-state index is 12.3. The molecule has 2 rings (SSSR count). The van der Waals surface area contributed by atoms with Crippen LogP contribution in [0.5, 0.6) is 0 Å². The van der Waals surface area contributed by atoms with Gasteiger partial charge in [0.15, 0.2) is 5.78 Å². The van der Waals surface area contributed by atoms with Crippen molar-refractivity contribution in [2.45, 2.75) is 32.2 Å². The number of hydrogen-bond acceptors (Lipinski definition) is 3. The average molecular weight is 277 g/mol. The minimum atomic E-state index is 0.182. The first-order chi connectivity index (χ1) is 9.02. The van der Waals surface area contributed by atoms with Crippen molar-refractivity contribution in [2.24, 2.45) is 7.05 Å². The van der Waals surface area contributed by atoms with Crippen molar-refractivity contribution in [1.82, 2.24) is 14.3 Å². The third-order valence-electron chi connectivity index (χ3n) is 3.24. The quantitative estimate of drug-likeness (QED) is 0.623. The highest BCUT2D eigenvalue weighted by Gasteiger charge is 2.15. The summed E-state index contributed by atoms with van der Waals surface area (Å²) >= 11 is 1.53.